The highest BCUT2D eigenvalue weighted by molar-refractivity contribution is 7.99. The average Bonchev–Trinajstić information content (AvgIpc) is 3.00. The van der Waals surface area contributed by atoms with Crippen LogP contribution in [0.1, 0.15) is 23.5 Å². The molecule has 1 aromatic carbocycles. The third kappa shape index (κ3) is 3.70. The van der Waals surface area contributed by atoms with Crippen molar-refractivity contribution in [1.29, 1.82) is 0 Å². The van der Waals surface area contributed by atoms with E-state index in [0.29, 0.717) is 5.92 Å². The number of thioether (sulfide) groups is 1. The van der Waals surface area contributed by atoms with Gasteiger partial charge >= 0.3 is 0 Å². The first-order valence-corrected chi connectivity index (χ1v) is 9.15. The number of nitrogens with one attached hydrogen (secondary N) is 1. The first kappa shape index (κ1) is 14.7. The zero-order valence-electron chi connectivity index (χ0n) is 11.9. The van der Waals surface area contributed by atoms with Crippen LogP contribution in [0.25, 0.3) is 0 Å². The molecule has 1 atom stereocenters. The molecule has 2 nitrogen and oxygen atoms in total. The summed E-state index contributed by atoms with van der Waals surface area (Å²) in [4.78, 5) is 2.53. The van der Waals surface area contributed by atoms with Gasteiger partial charge in [0.1, 0.15) is 0 Å². The minimum Gasteiger partial charge on any atom is -0.314 e. The largest absolute Gasteiger partial charge is 0.314 e. The van der Waals surface area contributed by atoms with Crippen molar-refractivity contribution in [3.05, 3.63) is 34.3 Å². The van der Waals surface area contributed by atoms with E-state index >= 15 is 0 Å². The van der Waals surface area contributed by atoms with Gasteiger partial charge in [-0.3, -0.25) is 0 Å². The molecule has 2 saturated heterocycles. The zero-order chi connectivity index (χ0) is 13.8. The monoisotopic (exact) mass is 310 g/mol. The molecule has 0 aliphatic carbocycles. The molecule has 0 aromatic heterocycles. The molecule has 2 fully saturated rings. The Hall–Kier alpha value is -0.220. The van der Waals surface area contributed by atoms with Gasteiger partial charge in [-0.05, 0) is 41.7 Å². The summed E-state index contributed by atoms with van der Waals surface area (Å²) in [5, 5.41) is 4.38. The molecule has 2 heterocycles. The summed E-state index contributed by atoms with van der Waals surface area (Å²) in [6, 6.07) is 6.75. The van der Waals surface area contributed by atoms with Crippen LogP contribution in [0.2, 0.25) is 5.02 Å². The number of rotatable bonds is 4. The van der Waals surface area contributed by atoms with Crippen LogP contribution in [0.15, 0.2) is 18.2 Å². The highest BCUT2D eigenvalue weighted by Gasteiger charge is 2.20. The van der Waals surface area contributed by atoms with E-state index in [0.717, 1.165) is 31.1 Å². The molecule has 110 valence electrons. The molecule has 0 spiro atoms. The summed E-state index contributed by atoms with van der Waals surface area (Å²) < 4.78 is 0. The summed E-state index contributed by atoms with van der Waals surface area (Å²) in [5.74, 6) is 3.20. The third-order valence-corrected chi connectivity index (χ3v) is 5.85. The van der Waals surface area contributed by atoms with Crippen LogP contribution in [0.5, 0.6) is 0 Å². The Morgan fingerprint density at radius 2 is 2.15 bits per heavy atom. The molecule has 2 aliphatic heterocycles. The normalized spacial score (nSPS) is 24.1. The van der Waals surface area contributed by atoms with E-state index in [9.17, 15) is 0 Å². The van der Waals surface area contributed by atoms with Crippen molar-refractivity contribution in [3.63, 3.8) is 0 Å². The Labute approximate surface area is 131 Å². The lowest BCUT2D eigenvalue weighted by molar-refractivity contribution is 0.244. The summed E-state index contributed by atoms with van der Waals surface area (Å²) in [6.07, 6.45) is 2.39. The van der Waals surface area contributed by atoms with Crippen molar-refractivity contribution in [2.24, 2.45) is 0 Å². The average molecular weight is 311 g/mol. The van der Waals surface area contributed by atoms with Gasteiger partial charge in [0.2, 0.25) is 0 Å². The van der Waals surface area contributed by atoms with Gasteiger partial charge in [0.25, 0.3) is 0 Å². The minimum atomic E-state index is 0.676. The Morgan fingerprint density at radius 1 is 1.30 bits per heavy atom. The van der Waals surface area contributed by atoms with Crippen molar-refractivity contribution < 1.29 is 0 Å². The van der Waals surface area contributed by atoms with E-state index in [1.807, 2.05) is 11.8 Å². The number of benzene rings is 1. The molecule has 20 heavy (non-hydrogen) atoms. The standard InChI is InChI=1S/C16H23ClN2S/c17-16-11-13(3-7-19-8-5-18-6-9-19)1-2-15(16)14-4-10-20-12-14/h1-2,11,14,18H,3-10,12H2. The molecule has 0 bridgehead atoms. The molecule has 3 rings (SSSR count). The second kappa shape index (κ2) is 7.17. The summed E-state index contributed by atoms with van der Waals surface area (Å²) >= 11 is 8.55. The van der Waals surface area contributed by atoms with Gasteiger partial charge in [-0.15, -0.1) is 0 Å². The lowest BCUT2D eigenvalue weighted by Crippen LogP contribution is -2.44. The number of hydrogen-bond acceptors (Lipinski definition) is 3. The van der Waals surface area contributed by atoms with Gasteiger partial charge < -0.3 is 10.2 Å². The van der Waals surface area contributed by atoms with E-state index in [1.165, 1.54) is 42.1 Å². The van der Waals surface area contributed by atoms with E-state index < -0.39 is 0 Å². The van der Waals surface area contributed by atoms with Crippen molar-refractivity contribution in [3.8, 4) is 0 Å². The minimum absolute atomic E-state index is 0.676. The Balaban J connectivity index is 1.58. The quantitative estimate of drug-likeness (QED) is 0.920. The van der Waals surface area contributed by atoms with Gasteiger partial charge in [0.05, 0.1) is 0 Å². The number of hydrogen-bond donors (Lipinski definition) is 1. The molecule has 1 N–H and O–H groups in total. The fraction of sp³-hybridized carbons (Fsp3) is 0.625. The molecular weight excluding hydrogens is 288 g/mol. The van der Waals surface area contributed by atoms with E-state index in [2.05, 4.69) is 28.4 Å². The van der Waals surface area contributed by atoms with Gasteiger partial charge in [-0.1, -0.05) is 23.7 Å². The summed E-state index contributed by atoms with van der Waals surface area (Å²) in [5.41, 5.74) is 2.74. The highest BCUT2D eigenvalue weighted by atomic mass is 35.5. The van der Waals surface area contributed by atoms with Gasteiger partial charge in [0, 0.05) is 43.5 Å². The predicted molar refractivity (Wildman–Crippen MR) is 89.1 cm³/mol. The Morgan fingerprint density at radius 3 is 2.85 bits per heavy atom. The van der Waals surface area contributed by atoms with Crippen LogP contribution in [0.4, 0.5) is 0 Å². The smallest absolute Gasteiger partial charge is 0.0443 e. The molecular formula is C16H23ClN2S. The van der Waals surface area contributed by atoms with Crippen molar-refractivity contribution >= 4 is 23.4 Å². The highest BCUT2D eigenvalue weighted by Crippen LogP contribution is 2.36. The van der Waals surface area contributed by atoms with E-state index in [1.54, 1.807) is 0 Å². The van der Waals surface area contributed by atoms with Crippen LogP contribution in [0.3, 0.4) is 0 Å². The molecule has 2 aliphatic rings. The van der Waals surface area contributed by atoms with Crippen molar-refractivity contribution in [1.82, 2.24) is 10.2 Å². The molecule has 4 heteroatoms. The third-order valence-electron chi connectivity index (χ3n) is 4.36. The molecule has 0 amide bonds. The van der Waals surface area contributed by atoms with Crippen LogP contribution in [-0.4, -0.2) is 49.1 Å². The fourth-order valence-corrected chi connectivity index (χ4v) is 4.67. The molecule has 1 aromatic rings. The van der Waals surface area contributed by atoms with Gasteiger partial charge in [0.15, 0.2) is 0 Å². The van der Waals surface area contributed by atoms with Crippen LogP contribution in [-0.2, 0) is 6.42 Å². The second-order valence-corrected chi connectivity index (χ2v) is 7.32. The first-order valence-electron chi connectivity index (χ1n) is 7.62. The van der Waals surface area contributed by atoms with Crippen LogP contribution < -0.4 is 5.32 Å². The van der Waals surface area contributed by atoms with E-state index in [-0.39, 0.29) is 0 Å². The first-order chi connectivity index (χ1) is 9.83. The number of nitrogens with zero attached hydrogens (tertiary/aromatic N) is 1. The molecule has 1 unspecified atom stereocenters. The molecule has 0 saturated carbocycles. The SMILES string of the molecule is Clc1cc(CCN2CCNCC2)ccc1C1CCSC1. The van der Waals surface area contributed by atoms with E-state index in [4.69, 9.17) is 11.6 Å². The van der Waals surface area contributed by atoms with Crippen molar-refractivity contribution in [2.75, 3.05) is 44.2 Å². The lowest BCUT2D eigenvalue weighted by atomic mass is 9.97. The van der Waals surface area contributed by atoms with Crippen LogP contribution >= 0.6 is 23.4 Å². The fourth-order valence-electron chi connectivity index (χ4n) is 3.06. The Bertz CT molecular complexity index is 440. The second-order valence-electron chi connectivity index (χ2n) is 5.76. The van der Waals surface area contributed by atoms with Gasteiger partial charge in [-0.2, -0.15) is 11.8 Å². The maximum atomic E-state index is 6.50. The van der Waals surface area contributed by atoms with Gasteiger partial charge in [-0.25, -0.2) is 0 Å². The number of piperazine rings is 1. The van der Waals surface area contributed by atoms with Crippen molar-refractivity contribution in [2.45, 2.75) is 18.8 Å². The summed E-state index contributed by atoms with van der Waals surface area (Å²) in [6.45, 7) is 5.74. The maximum Gasteiger partial charge on any atom is 0.0443 e. The molecule has 0 radical (unpaired) electrons. The zero-order valence-corrected chi connectivity index (χ0v) is 13.5. The summed E-state index contributed by atoms with van der Waals surface area (Å²) in [7, 11) is 0. The lowest BCUT2D eigenvalue weighted by Gasteiger charge is -2.27. The topological polar surface area (TPSA) is 15.3 Å². The predicted octanol–water partition coefficient (Wildman–Crippen LogP) is 3.01. The maximum absolute atomic E-state index is 6.50. The van der Waals surface area contributed by atoms with Crippen LogP contribution in [0, 0.1) is 0 Å². The number of halogens is 1. The Kier molecular flexibility index (Phi) is 5.27.